The van der Waals surface area contributed by atoms with E-state index in [1.165, 1.54) is 11.1 Å². The number of hydrogen-bond acceptors (Lipinski definition) is 2. The van der Waals surface area contributed by atoms with E-state index in [9.17, 15) is 4.79 Å². The highest BCUT2D eigenvalue weighted by atomic mass is 35.5. The summed E-state index contributed by atoms with van der Waals surface area (Å²) in [5.41, 5.74) is 4.41. The number of halogens is 1. The molecular formula is C18H21ClN2O. The van der Waals surface area contributed by atoms with Crippen LogP contribution in [0.3, 0.4) is 0 Å². The molecule has 0 radical (unpaired) electrons. The Kier molecular flexibility index (Phi) is 5.84. The van der Waals surface area contributed by atoms with Crippen molar-refractivity contribution in [1.29, 1.82) is 0 Å². The lowest BCUT2D eigenvalue weighted by atomic mass is 10.1. The van der Waals surface area contributed by atoms with Crippen LogP contribution in [0.2, 0.25) is 5.02 Å². The second-order valence-electron chi connectivity index (χ2n) is 5.42. The van der Waals surface area contributed by atoms with E-state index in [0.717, 1.165) is 11.3 Å². The molecule has 0 heterocycles. The van der Waals surface area contributed by atoms with Crippen LogP contribution in [0.5, 0.6) is 0 Å². The van der Waals surface area contributed by atoms with Crippen LogP contribution in [0.25, 0.3) is 0 Å². The molecule has 0 atom stereocenters. The molecule has 0 saturated carbocycles. The molecule has 2 N–H and O–H groups in total. The zero-order valence-electron chi connectivity index (χ0n) is 12.9. The van der Waals surface area contributed by atoms with Gasteiger partial charge in [0.2, 0.25) is 5.91 Å². The highest BCUT2D eigenvalue weighted by molar-refractivity contribution is 6.31. The molecule has 0 aliphatic carbocycles. The van der Waals surface area contributed by atoms with E-state index in [1.54, 1.807) is 0 Å². The Morgan fingerprint density at radius 1 is 1.09 bits per heavy atom. The number of aryl methyl sites for hydroxylation is 2. The summed E-state index contributed by atoms with van der Waals surface area (Å²) < 4.78 is 0. The smallest absolute Gasteiger partial charge is 0.222 e. The number of carbonyl (C=O) groups is 1. The van der Waals surface area contributed by atoms with Crippen molar-refractivity contribution in [2.75, 3.05) is 11.9 Å². The van der Waals surface area contributed by atoms with E-state index in [2.05, 4.69) is 42.7 Å². The van der Waals surface area contributed by atoms with E-state index < -0.39 is 0 Å². The molecule has 2 rings (SSSR count). The van der Waals surface area contributed by atoms with Gasteiger partial charge in [0.15, 0.2) is 0 Å². The normalized spacial score (nSPS) is 10.3. The minimum atomic E-state index is 0.0109. The third-order valence-corrected chi connectivity index (χ3v) is 3.71. The van der Waals surface area contributed by atoms with Crippen LogP contribution in [-0.4, -0.2) is 12.5 Å². The molecule has 116 valence electrons. The molecule has 0 aromatic heterocycles. The summed E-state index contributed by atoms with van der Waals surface area (Å²) in [6, 6.07) is 13.8. The Labute approximate surface area is 136 Å². The Balaban J connectivity index is 1.75. The van der Waals surface area contributed by atoms with Gasteiger partial charge in [0.1, 0.15) is 0 Å². The molecule has 2 aromatic rings. The molecule has 0 bridgehead atoms. The first-order valence-electron chi connectivity index (χ1n) is 7.37. The lowest BCUT2D eigenvalue weighted by Gasteiger charge is -2.10. The third-order valence-electron chi connectivity index (χ3n) is 3.34. The van der Waals surface area contributed by atoms with Crippen LogP contribution >= 0.6 is 11.6 Å². The highest BCUT2D eigenvalue weighted by Crippen LogP contribution is 2.15. The number of anilines is 1. The quantitative estimate of drug-likeness (QED) is 0.843. The largest absolute Gasteiger partial charge is 0.385 e. The average molecular weight is 317 g/mol. The van der Waals surface area contributed by atoms with Gasteiger partial charge in [0.25, 0.3) is 0 Å². The lowest BCUT2D eigenvalue weighted by Crippen LogP contribution is -2.25. The average Bonchev–Trinajstić information content (AvgIpc) is 2.45. The minimum absolute atomic E-state index is 0.0109. The fourth-order valence-corrected chi connectivity index (χ4v) is 2.52. The molecule has 0 fully saturated rings. The summed E-state index contributed by atoms with van der Waals surface area (Å²) in [7, 11) is 0. The maximum absolute atomic E-state index is 11.9. The van der Waals surface area contributed by atoms with Crippen molar-refractivity contribution in [1.82, 2.24) is 5.32 Å². The molecule has 0 aliphatic heterocycles. The molecule has 22 heavy (non-hydrogen) atoms. The number of nitrogens with one attached hydrogen (secondary N) is 2. The molecule has 4 heteroatoms. The number of rotatable bonds is 6. The monoisotopic (exact) mass is 316 g/mol. The van der Waals surface area contributed by atoms with Crippen LogP contribution < -0.4 is 10.6 Å². The summed E-state index contributed by atoms with van der Waals surface area (Å²) in [5, 5.41) is 6.84. The highest BCUT2D eigenvalue weighted by Gasteiger charge is 2.04. The standard InChI is InChI=1S/C18H21ClN2O/c1-13-9-14(2)11-16(10-13)20-8-7-18(22)21-12-15-5-3-4-6-17(15)19/h3-6,9-11,20H,7-8,12H2,1-2H3,(H,21,22). The van der Waals surface area contributed by atoms with Crippen LogP contribution in [0.15, 0.2) is 42.5 Å². The molecule has 0 aliphatic rings. The van der Waals surface area contributed by atoms with Gasteiger partial charge in [-0.1, -0.05) is 35.9 Å². The van der Waals surface area contributed by atoms with Crippen molar-refractivity contribution < 1.29 is 4.79 Å². The first kappa shape index (κ1) is 16.4. The zero-order chi connectivity index (χ0) is 15.9. The number of amides is 1. The van der Waals surface area contributed by atoms with Gasteiger partial charge in [-0.3, -0.25) is 4.79 Å². The summed E-state index contributed by atoms with van der Waals surface area (Å²) in [5.74, 6) is 0.0109. The van der Waals surface area contributed by atoms with Crippen molar-refractivity contribution in [3.05, 3.63) is 64.2 Å². The van der Waals surface area contributed by atoms with Crippen molar-refractivity contribution in [3.63, 3.8) is 0 Å². The van der Waals surface area contributed by atoms with E-state index in [1.807, 2.05) is 24.3 Å². The SMILES string of the molecule is Cc1cc(C)cc(NCCC(=O)NCc2ccccc2Cl)c1. The molecule has 0 unspecified atom stereocenters. The van der Waals surface area contributed by atoms with Crippen LogP contribution in [0, 0.1) is 13.8 Å². The van der Waals surface area contributed by atoms with Gasteiger partial charge < -0.3 is 10.6 Å². The van der Waals surface area contributed by atoms with Gasteiger partial charge in [-0.2, -0.15) is 0 Å². The number of carbonyl (C=O) groups excluding carboxylic acids is 1. The first-order chi connectivity index (χ1) is 10.5. The molecule has 2 aromatic carbocycles. The van der Waals surface area contributed by atoms with Gasteiger partial charge in [-0.05, 0) is 48.7 Å². The van der Waals surface area contributed by atoms with Crippen molar-refractivity contribution in [2.24, 2.45) is 0 Å². The van der Waals surface area contributed by atoms with E-state index >= 15 is 0 Å². The van der Waals surface area contributed by atoms with Crippen molar-refractivity contribution in [2.45, 2.75) is 26.8 Å². The van der Waals surface area contributed by atoms with Crippen LogP contribution in [0.1, 0.15) is 23.1 Å². The van der Waals surface area contributed by atoms with Gasteiger partial charge in [0.05, 0.1) is 0 Å². The van der Waals surface area contributed by atoms with Gasteiger partial charge in [-0.25, -0.2) is 0 Å². The topological polar surface area (TPSA) is 41.1 Å². The predicted molar refractivity (Wildman–Crippen MR) is 92.3 cm³/mol. The Morgan fingerprint density at radius 2 is 1.77 bits per heavy atom. The Morgan fingerprint density at radius 3 is 2.45 bits per heavy atom. The summed E-state index contributed by atoms with van der Waals surface area (Å²) in [4.78, 5) is 11.9. The van der Waals surface area contributed by atoms with Crippen LogP contribution in [-0.2, 0) is 11.3 Å². The summed E-state index contributed by atoms with van der Waals surface area (Å²) in [6.07, 6.45) is 0.428. The van der Waals surface area contributed by atoms with E-state index in [4.69, 9.17) is 11.6 Å². The second kappa shape index (κ2) is 7.85. The molecular weight excluding hydrogens is 296 g/mol. The van der Waals surface area contributed by atoms with Crippen LogP contribution in [0.4, 0.5) is 5.69 Å². The molecule has 0 saturated heterocycles. The second-order valence-corrected chi connectivity index (χ2v) is 5.83. The third kappa shape index (κ3) is 5.08. The number of benzene rings is 2. The fraction of sp³-hybridized carbons (Fsp3) is 0.278. The zero-order valence-corrected chi connectivity index (χ0v) is 13.7. The summed E-state index contributed by atoms with van der Waals surface area (Å²) in [6.45, 7) is 5.20. The fourth-order valence-electron chi connectivity index (χ4n) is 2.32. The van der Waals surface area contributed by atoms with Gasteiger partial charge in [0, 0.05) is 30.2 Å². The minimum Gasteiger partial charge on any atom is -0.385 e. The Hall–Kier alpha value is -2.00. The van der Waals surface area contributed by atoms with Gasteiger partial charge in [-0.15, -0.1) is 0 Å². The van der Waals surface area contributed by atoms with Crippen molar-refractivity contribution in [3.8, 4) is 0 Å². The molecule has 1 amide bonds. The van der Waals surface area contributed by atoms with E-state index in [-0.39, 0.29) is 5.91 Å². The maximum Gasteiger partial charge on any atom is 0.222 e. The first-order valence-corrected chi connectivity index (χ1v) is 7.74. The van der Waals surface area contributed by atoms with Crippen molar-refractivity contribution >= 4 is 23.2 Å². The van der Waals surface area contributed by atoms with E-state index in [0.29, 0.717) is 24.5 Å². The molecule has 0 spiro atoms. The predicted octanol–water partition coefficient (Wildman–Crippen LogP) is 4.08. The lowest BCUT2D eigenvalue weighted by molar-refractivity contribution is -0.121. The molecule has 3 nitrogen and oxygen atoms in total. The maximum atomic E-state index is 11.9. The summed E-state index contributed by atoms with van der Waals surface area (Å²) >= 11 is 6.06. The number of hydrogen-bond donors (Lipinski definition) is 2. The Bertz CT molecular complexity index is 635. The van der Waals surface area contributed by atoms with Gasteiger partial charge >= 0.3 is 0 Å².